The van der Waals surface area contributed by atoms with Crippen LogP contribution in [0, 0.1) is 18.8 Å². The van der Waals surface area contributed by atoms with Gasteiger partial charge in [-0.05, 0) is 70.0 Å². The van der Waals surface area contributed by atoms with Crippen LogP contribution in [0.3, 0.4) is 0 Å². The highest BCUT2D eigenvalue weighted by Crippen LogP contribution is 2.22. The van der Waals surface area contributed by atoms with Crippen molar-refractivity contribution in [3.63, 3.8) is 0 Å². The summed E-state index contributed by atoms with van der Waals surface area (Å²) >= 11 is 0. The normalized spacial score (nSPS) is 11.2. The molecule has 0 unspecified atom stereocenters. The molecule has 0 aliphatic heterocycles. The number of aryl methyl sites for hydroxylation is 1. The Labute approximate surface area is 189 Å². The number of ether oxygens (including phenoxy) is 1. The topological polar surface area (TPSA) is 95.2 Å². The lowest BCUT2D eigenvalue weighted by molar-refractivity contribution is 0.313. The third-order valence-electron chi connectivity index (χ3n) is 4.83. The quantitative estimate of drug-likeness (QED) is 0.436. The zero-order chi connectivity index (χ0) is 23.1. The van der Waals surface area contributed by atoms with Gasteiger partial charge >= 0.3 is 0 Å². The summed E-state index contributed by atoms with van der Waals surface area (Å²) in [5, 5.41) is -0.473. The van der Waals surface area contributed by atoms with Crippen molar-refractivity contribution < 1.29 is 13.2 Å². The van der Waals surface area contributed by atoms with Crippen LogP contribution in [-0.2, 0) is 9.84 Å². The van der Waals surface area contributed by atoms with Gasteiger partial charge in [-0.1, -0.05) is 24.1 Å². The molecular weight excluding hydrogens is 422 g/mol. The Kier molecular flexibility index (Phi) is 7.62. The van der Waals surface area contributed by atoms with Gasteiger partial charge in [-0.3, -0.25) is 4.98 Å². The third-order valence-corrected chi connectivity index (χ3v) is 7.00. The lowest BCUT2D eigenvalue weighted by Crippen LogP contribution is -2.13. The molecule has 7 heteroatoms. The lowest BCUT2D eigenvalue weighted by Gasteiger charge is -2.09. The first kappa shape index (κ1) is 23.5. The number of hydrogen-bond donors (Lipinski definition) is 1. The zero-order valence-electron chi connectivity index (χ0n) is 18.5. The van der Waals surface area contributed by atoms with E-state index in [0.29, 0.717) is 29.4 Å². The Morgan fingerprint density at radius 3 is 2.53 bits per heavy atom. The second kappa shape index (κ2) is 10.4. The molecule has 6 nitrogen and oxygen atoms in total. The second-order valence-electron chi connectivity index (χ2n) is 7.58. The van der Waals surface area contributed by atoms with Gasteiger partial charge < -0.3 is 10.5 Å². The maximum Gasteiger partial charge on any atom is 0.180 e. The maximum absolute atomic E-state index is 12.3. The Hall–Kier alpha value is -3.21. The highest BCUT2D eigenvalue weighted by atomic mass is 32.2. The highest BCUT2D eigenvalue weighted by molar-refractivity contribution is 7.92. The predicted octanol–water partition coefficient (Wildman–Crippen LogP) is 3.76. The van der Waals surface area contributed by atoms with Gasteiger partial charge in [0, 0.05) is 11.1 Å². The van der Waals surface area contributed by atoms with E-state index in [9.17, 15) is 8.42 Å². The summed E-state index contributed by atoms with van der Waals surface area (Å²) in [5.74, 6) is 6.95. The molecule has 2 N–H and O–H groups in total. The predicted molar refractivity (Wildman–Crippen MR) is 126 cm³/mol. The molecule has 3 aromatic rings. The van der Waals surface area contributed by atoms with Crippen LogP contribution >= 0.6 is 0 Å². The maximum atomic E-state index is 12.3. The molecule has 2 aromatic carbocycles. The molecule has 0 saturated heterocycles. The van der Waals surface area contributed by atoms with Crippen LogP contribution in [0.5, 0.6) is 5.75 Å². The first-order chi connectivity index (χ1) is 15.3. The summed E-state index contributed by atoms with van der Waals surface area (Å²) in [7, 11) is -3.32. The van der Waals surface area contributed by atoms with Gasteiger partial charge in [0.1, 0.15) is 11.4 Å². The molecule has 0 atom stereocenters. The minimum atomic E-state index is -3.32. The third kappa shape index (κ3) is 5.72. The molecule has 0 aliphatic carbocycles. The molecule has 0 fully saturated rings. The standard InChI is InChI=1S/C25H27N3O3S/c1-18(2)32(29,30)23-11-9-21(10-12-23)25-17-27-19(3)24(28-25)13-8-20-6-4-7-22(16-20)31-15-5-14-26/h4,6-7,9-12,16-18H,5,14-15,26H2,1-3H3. The van der Waals surface area contributed by atoms with Crippen molar-refractivity contribution >= 4 is 9.84 Å². The van der Waals surface area contributed by atoms with E-state index in [1.807, 2.05) is 31.2 Å². The molecule has 0 aliphatic rings. The molecule has 32 heavy (non-hydrogen) atoms. The van der Waals surface area contributed by atoms with E-state index in [2.05, 4.69) is 21.8 Å². The number of nitrogens with zero attached hydrogens (tertiary/aromatic N) is 2. The monoisotopic (exact) mass is 449 g/mol. The van der Waals surface area contributed by atoms with Gasteiger partial charge in [-0.15, -0.1) is 0 Å². The van der Waals surface area contributed by atoms with Crippen molar-refractivity contribution in [2.75, 3.05) is 13.2 Å². The summed E-state index contributed by atoms with van der Waals surface area (Å²) in [6, 6.07) is 14.3. The Morgan fingerprint density at radius 2 is 1.84 bits per heavy atom. The number of aromatic nitrogens is 2. The van der Waals surface area contributed by atoms with E-state index < -0.39 is 15.1 Å². The molecule has 0 amide bonds. The molecular formula is C25H27N3O3S. The Bertz CT molecular complexity index is 1240. The number of hydrogen-bond acceptors (Lipinski definition) is 6. The van der Waals surface area contributed by atoms with Gasteiger partial charge in [0.2, 0.25) is 0 Å². The smallest absolute Gasteiger partial charge is 0.180 e. The van der Waals surface area contributed by atoms with Crippen molar-refractivity contribution in [2.45, 2.75) is 37.3 Å². The number of nitrogens with two attached hydrogens (primary N) is 1. The van der Waals surface area contributed by atoms with E-state index in [0.717, 1.165) is 29.0 Å². The molecule has 166 valence electrons. The van der Waals surface area contributed by atoms with E-state index in [1.54, 1.807) is 44.3 Å². The Morgan fingerprint density at radius 1 is 1.09 bits per heavy atom. The molecule has 0 spiro atoms. The number of rotatable bonds is 7. The van der Waals surface area contributed by atoms with E-state index >= 15 is 0 Å². The van der Waals surface area contributed by atoms with Gasteiger partial charge in [-0.2, -0.15) is 0 Å². The zero-order valence-corrected chi connectivity index (χ0v) is 19.3. The fraction of sp³-hybridized carbons (Fsp3) is 0.280. The number of sulfone groups is 1. The van der Waals surface area contributed by atoms with Crippen LogP contribution in [0.15, 0.2) is 59.6 Å². The van der Waals surface area contributed by atoms with Crippen LogP contribution in [-0.4, -0.2) is 36.8 Å². The van der Waals surface area contributed by atoms with Crippen LogP contribution < -0.4 is 10.5 Å². The lowest BCUT2D eigenvalue weighted by atomic mass is 10.1. The summed E-state index contributed by atoms with van der Waals surface area (Å²) in [6.07, 6.45) is 2.46. The summed E-state index contributed by atoms with van der Waals surface area (Å²) in [4.78, 5) is 9.35. The van der Waals surface area contributed by atoms with Crippen molar-refractivity contribution in [3.8, 4) is 28.8 Å². The first-order valence-corrected chi connectivity index (χ1v) is 12.0. The summed E-state index contributed by atoms with van der Waals surface area (Å²) in [5.41, 5.74) is 9.00. The average molecular weight is 450 g/mol. The second-order valence-corrected chi connectivity index (χ2v) is 10.1. The largest absolute Gasteiger partial charge is 0.494 e. The average Bonchev–Trinajstić information content (AvgIpc) is 2.79. The van der Waals surface area contributed by atoms with Crippen molar-refractivity contribution in [1.29, 1.82) is 0 Å². The van der Waals surface area contributed by atoms with Crippen LogP contribution in [0.2, 0.25) is 0 Å². The highest BCUT2D eigenvalue weighted by Gasteiger charge is 2.19. The summed E-state index contributed by atoms with van der Waals surface area (Å²) < 4.78 is 30.3. The number of benzene rings is 2. The van der Waals surface area contributed by atoms with Gasteiger partial charge in [-0.25, -0.2) is 13.4 Å². The molecule has 3 rings (SSSR count). The van der Waals surface area contributed by atoms with Crippen molar-refractivity contribution in [2.24, 2.45) is 5.73 Å². The first-order valence-electron chi connectivity index (χ1n) is 10.4. The fourth-order valence-electron chi connectivity index (χ4n) is 2.86. The molecule has 0 saturated carbocycles. The SMILES string of the molecule is Cc1ncc(-c2ccc(S(=O)(=O)C(C)C)cc2)nc1C#Cc1cccc(OCCCN)c1. The summed E-state index contributed by atoms with van der Waals surface area (Å²) in [6.45, 7) is 6.34. The molecule has 1 heterocycles. The van der Waals surface area contributed by atoms with E-state index in [1.165, 1.54) is 0 Å². The Balaban J connectivity index is 1.84. The van der Waals surface area contributed by atoms with Gasteiger partial charge in [0.05, 0.1) is 34.3 Å². The molecule has 1 aromatic heterocycles. The van der Waals surface area contributed by atoms with Gasteiger partial charge in [0.25, 0.3) is 0 Å². The van der Waals surface area contributed by atoms with Crippen molar-refractivity contribution in [3.05, 3.63) is 71.7 Å². The van der Waals surface area contributed by atoms with E-state index in [-0.39, 0.29) is 0 Å². The fourth-order valence-corrected chi connectivity index (χ4v) is 3.92. The van der Waals surface area contributed by atoms with E-state index in [4.69, 9.17) is 10.5 Å². The minimum absolute atomic E-state index is 0.296. The van der Waals surface area contributed by atoms with Crippen LogP contribution in [0.1, 0.15) is 37.2 Å². The molecule has 0 radical (unpaired) electrons. The minimum Gasteiger partial charge on any atom is -0.494 e. The van der Waals surface area contributed by atoms with Crippen LogP contribution in [0.25, 0.3) is 11.3 Å². The van der Waals surface area contributed by atoms with Crippen molar-refractivity contribution in [1.82, 2.24) is 9.97 Å². The van der Waals surface area contributed by atoms with Crippen LogP contribution in [0.4, 0.5) is 0 Å². The van der Waals surface area contributed by atoms with Gasteiger partial charge in [0.15, 0.2) is 9.84 Å². The molecule has 0 bridgehead atoms.